The van der Waals surface area contributed by atoms with E-state index < -0.39 is 11.7 Å². The fourth-order valence-electron chi connectivity index (χ4n) is 3.12. The van der Waals surface area contributed by atoms with Crippen LogP contribution in [-0.4, -0.2) is 4.40 Å². The maximum absolute atomic E-state index is 12.8. The number of hydrogen-bond donors (Lipinski definition) is 0. The predicted molar refractivity (Wildman–Crippen MR) is 95.4 cm³/mol. The monoisotopic (exact) mass is 366 g/mol. The molecular weight excluding hydrogens is 353 g/mol. The van der Waals surface area contributed by atoms with E-state index in [2.05, 4.69) is 6.07 Å². The van der Waals surface area contributed by atoms with Crippen molar-refractivity contribution in [1.29, 1.82) is 5.26 Å². The van der Waals surface area contributed by atoms with Crippen LogP contribution in [0.1, 0.15) is 16.7 Å². The lowest BCUT2D eigenvalue weighted by Gasteiger charge is -2.10. The molecule has 0 bridgehead atoms. The quantitative estimate of drug-likeness (QED) is 0.476. The highest BCUT2D eigenvalue weighted by atomic mass is 19.4. The highest BCUT2D eigenvalue weighted by molar-refractivity contribution is 5.95. The first-order chi connectivity index (χ1) is 13.0. The summed E-state index contributed by atoms with van der Waals surface area (Å²) in [6.07, 6.45) is -2.64. The van der Waals surface area contributed by atoms with E-state index in [-0.39, 0.29) is 6.61 Å². The van der Waals surface area contributed by atoms with Gasteiger partial charge in [0.1, 0.15) is 18.4 Å². The van der Waals surface area contributed by atoms with Gasteiger partial charge in [-0.1, -0.05) is 30.3 Å². The summed E-state index contributed by atoms with van der Waals surface area (Å²) in [4.78, 5) is 0. The van der Waals surface area contributed by atoms with Gasteiger partial charge in [-0.25, -0.2) is 0 Å². The topological polar surface area (TPSA) is 37.4 Å². The maximum atomic E-state index is 12.8. The molecule has 6 heteroatoms. The Morgan fingerprint density at radius 2 is 1.78 bits per heavy atom. The Bertz CT molecular complexity index is 1190. The van der Waals surface area contributed by atoms with Crippen molar-refractivity contribution in [3.8, 4) is 11.8 Å². The molecule has 2 aromatic heterocycles. The van der Waals surface area contributed by atoms with Crippen molar-refractivity contribution < 1.29 is 17.9 Å². The van der Waals surface area contributed by atoms with E-state index >= 15 is 0 Å². The molecule has 3 nitrogen and oxygen atoms in total. The van der Waals surface area contributed by atoms with Crippen molar-refractivity contribution in [3.05, 3.63) is 83.6 Å². The fourth-order valence-corrected chi connectivity index (χ4v) is 3.12. The van der Waals surface area contributed by atoms with E-state index in [1.54, 1.807) is 24.4 Å². The van der Waals surface area contributed by atoms with Gasteiger partial charge >= 0.3 is 6.18 Å². The van der Waals surface area contributed by atoms with Gasteiger partial charge in [0.2, 0.25) is 0 Å². The summed E-state index contributed by atoms with van der Waals surface area (Å²) in [5, 5.41) is 10.3. The molecule has 0 unspecified atom stereocenters. The molecule has 0 atom stereocenters. The summed E-state index contributed by atoms with van der Waals surface area (Å²) in [6, 6.07) is 18.3. The summed E-state index contributed by atoms with van der Waals surface area (Å²) >= 11 is 0. The average Bonchev–Trinajstić information content (AvgIpc) is 2.99. The van der Waals surface area contributed by atoms with Crippen LogP contribution < -0.4 is 4.74 Å². The number of para-hydroxylation sites is 1. The zero-order valence-electron chi connectivity index (χ0n) is 14.0. The van der Waals surface area contributed by atoms with Crippen molar-refractivity contribution in [1.82, 2.24) is 4.40 Å². The first kappa shape index (κ1) is 17.0. The first-order valence-electron chi connectivity index (χ1n) is 8.19. The molecule has 0 aliphatic heterocycles. The van der Waals surface area contributed by atoms with Crippen LogP contribution in [0.5, 0.6) is 5.75 Å². The highest BCUT2D eigenvalue weighted by Crippen LogP contribution is 2.30. The third-order valence-electron chi connectivity index (χ3n) is 4.38. The van der Waals surface area contributed by atoms with E-state index in [1.165, 1.54) is 6.07 Å². The van der Waals surface area contributed by atoms with Gasteiger partial charge in [-0.15, -0.1) is 0 Å². The summed E-state index contributed by atoms with van der Waals surface area (Å²) < 4.78 is 46.0. The van der Waals surface area contributed by atoms with Crippen LogP contribution >= 0.6 is 0 Å². The lowest BCUT2D eigenvalue weighted by molar-refractivity contribution is -0.137. The van der Waals surface area contributed by atoms with Crippen LogP contribution in [0.2, 0.25) is 0 Å². The summed E-state index contributed by atoms with van der Waals surface area (Å²) in [5.41, 5.74) is 1.93. The van der Waals surface area contributed by atoms with E-state index in [9.17, 15) is 18.4 Å². The molecule has 2 heterocycles. The highest BCUT2D eigenvalue weighted by Gasteiger charge is 2.30. The minimum atomic E-state index is -4.38. The number of halogens is 3. The predicted octanol–water partition coefficient (Wildman–Crippen LogP) is 5.56. The minimum absolute atomic E-state index is 0.0136. The number of hydrogen-bond acceptors (Lipinski definition) is 2. The van der Waals surface area contributed by atoms with Gasteiger partial charge in [-0.05, 0) is 35.9 Å². The number of rotatable bonds is 3. The molecule has 0 amide bonds. The molecule has 2 aromatic carbocycles. The normalized spacial score (nSPS) is 11.6. The Balaban J connectivity index is 1.66. The molecular formula is C21H13F3N2O. The molecule has 0 radical (unpaired) electrons. The van der Waals surface area contributed by atoms with Gasteiger partial charge < -0.3 is 9.14 Å². The van der Waals surface area contributed by atoms with Crippen molar-refractivity contribution >= 4 is 16.4 Å². The lowest BCUT2D eigenvalue weighted by Crippen LogP contribution is -2.06. The molecule has 0 fully saturated rings. The second kappa shape index (κ2) is 6.36. The van der Waals surface area contributed by atoms with Crippen LogP contribution in [0.4, 0.5) is 13.2 Å². The number of benzene rings is 2. The Hall–Kier alpha value is -3.46. The Kier molecular flexibility index (Phi) is 4.00. The fraction of sp³-hybridized carbons (Fsp3) is 0.0952. The Morgan fingerprint density at radius 1 is 0.963 bits per heavy atom. The summed E-state index contributed by atoms with van der Waals surface area (Å²) in [7, 11) is 0. The van der Waals surface area contributed by atoms with Gasteiger partial charge in [0.05, 0.1) is 28.4 Å². The maximum Gasteiger partial charge on any atom is 0.416 e. The van der Waals surface area contributed by atoms with Crippen LogP contribution in [-0.2, 0) is 12.8 Å². The number of pyridine rings is 1. The standard InChI is InChI=1S/C21H13F3N2O/c22-21(23,24)15-5-3-4-14(10-15)13-27-16-8-9-20-18(11-25)17-6-1-2-7-19(17)26(20)12-16/h1-10,12H,13H2. The number of alkyl halides is 3. The lowest BCUT2D eigenvalue weighted by atomic mass is 10.1. The molecule has 134 valence electrons. The van der Waals surface area contributed by atoms with E-state index in [1.807, 2.05) is 28.7 Å². The van der Waals surface area contributed by atoms with Crippen molar-refractivity contribution in [2.45, 2.75) is 12.8 Å². The smallest absolute Gasteiger partial charge is 0.416 e. The molecule has 4 rings (SSSR count). The average molecular weight is 366 g/mol. The molecule has 27 heavy (non-hydrogen) atoms. The van der Waals surface area contributed by atoms with Gasteiger partial charge in [0.25, 0.3) is 0 Å². The van der Waals surface area contributed by atoms with E-state index in [0.29, 0.717) is 16.9 Å². The molecule has 4 aromatic rings. The van der Waals surface area contributed by atoms with Crippen molar-refractivity contribution in [2.24, 2.45) is 0 Å². The number of nitriles is 1. The third kappa shape index (κ3) is 3.08. The van der Waals surface area contributed by atoms with Gasteiger partial charge in [-0.3, -0.25) is 0 Å². The van der Waals surface area contributed by atoms with Crippen LogP contribution in [0, 0.1) is 11.3 Å². The number of ether oxygens (including phenoxy) is 1. The largest absolute Gasteiger partial charge is 0.487 e. The number of fused-ring (bicyclic) bond motifs is 3. The third-order valence-corrected chi connectivity index (χ3v) is 4.38. The zero-order valence-corrected chi connectivity index (χ0v) is 14.0. The zero-order chi connectivity index (χ0) is 19.0. The van der Waals surface area contributed by atoms with Crippen molar-refractivity contribution in [3.63, 3.8) is 0 Å². The van der Waals surface area contributed by atoms with E-state index in [0.717, 1.165) is 28.6 Å². The number of nitrogens with zero attached hydrogens (tertiary/aromatic N) is 2. The number of aromatic nitrogens is 1. The van der Waals surface area contributed by atoms with Crippen molar-refractivity contribution in [2.75, 3.05) is 0 Å². The summed E-state index contributed by atoms with van der Waals surface area (Å²) in [5.74, 6) is 0.505. The molecule has 0 aliphatic rings. The Morgan fingerprint density at radius 3 is 2.56 bits per heavy atom. The minimum Gasteiger partial charge on any atom is -0.487 e. The van der Waals surface area contributed by atoms with Gasteiger partial charge in [-0.2, -0.15) is 18.4 Å². The molecule has 0 N–H and O–H groups in total. The second-order valence-electron chi connectivity index (χ2n) is 6.11. The Labute approximate surface area is 152 Å². The van der Waals surface area contributed by atoms with Crippen LogP contribution in [0.25, 0.3) is 16.4 Å². The van der Waals surface area contributed by atoms with Crippen LogP contribution in [0.15, 0.2) is 66.9 Å². The van der Waals surface area contributed by atoms with E-state index in [4.69, 9.17) is 4.74 Å². The molecule has 0 saturated carbocycles. The van der Waals surface area contributed by atoms with Gasteiger partial charge in [0, 0.05) is 5.39 Å². The summed E-state index contributed by atoms with van der Waals surface area (Å²) in [6.45, 7) is 0.0136. The molecule has 0 spiro atoms. The van der Waals surface area contributed by atoms with Crippen LogP contribution in [0.3, 0.4) is 0 Å². The second-order valence-corrected chi connectivity index (χ2v) is 6.11. The SMILES string of the molecule is N#Cc1c2ccccc2n2cc(OCc3cccc(C(F)(F)F)c3)ccc12. The first-order valence-corrected chi connectivity index (χ1v) is 8.19. The molecule has 0 aliphatic carbocycles. The van der Waals surface area contributed by atoms with Gasteiger partial charge in [0.15, 0.2) is 0 Å². The molecule has 0 saturated heterocycles.